The summed E-state index contributed by atoms with van der Waals surface area (Å²) >= 11 is 12.2. The van der Waals surface area contributed by atoms with E-state index >= 15 is 0 Å². The molecule has 24 heavy (non-hydrogen) atoms. The molecular formula is C17H12Cl2N2O3. The number of nitrogens with one attached hydrogen (secondary N) is 1. The number of hydrogen-bond donors (Lipinski definition) is 2. The van der Waals surface area contributed by atoms with Crippen molar-refractivity contribution in [3.63, 3.8) is 0 Å². The summed E-state index contributed by atoms with van der Waals surface area (Å²) in [4.78, 5) is 19.1. The highest BCUT2D eigenvalue weighted by atomic mass is 35.5. The molecule has 0 atom stereocenters. The van der Waals surface area contributed by atoms with Crippen LogP contribution in [-0.2, 0) is 0 Å². The molecule has 0 amide bonds. The van der Waals surface area contributed by atoms with Crippen molar-refractivity contribution < 1.29 is 9.84 Å². The van der Waals surface area contributed by atoms with E-state index in [0.29, 0.717) is 16.5 Å². The van der Waals surface area contributed by atoms with Gasteiger partial charge in [0.1, 0.15) is 0 Å². The molecule has 0 spiro atoms. The van der Waals surface area contributed by atoms with E-state index in [1.165, 1.54) is 13.2 Å². The van der Waals surface area contributed by atoms with E-state index in [2.05, 4.69) is 9.97 Å². The number of rotatable bonds is 3. The lowest BCUT2D eigenvalue weighted by atomic mass is 10.2. The molecule has 0 saturated heterocycles. The lowest BCUT2D eigenvalue weighted by Gasteiger charge is -2.07. The smallest absolute Gasteiger partial charge is 0.259 e. The zero-order chi connectivity index (χ0) is 17.3. The molecule has 1 aromatic heterocycles. The van der Waals surface area contributed by atoms with Crippen LogP contribution in [0.3, 0.4) is 0 Å². The molecule has 0 aliphatic carbocycles. The van der Waals surface area contributed by atoms with Gasteiger partial charge in [-0.3, -0.25) is 4.79 Å². The lowest BCUT2D eigenvalue weighted by Crippen LogP contribution is -2.10. The summed E-state index contributed by atoms with van der Waals surface area (Å²) in [6.45, 7) is 0. The van der Waals surface area contributed by atoms with Crippen LogP contribution in [0, 0.1) is 0 Å². The summed E-state index contributed by atoms with van der Waals surface area (Å²) < 4.78 is 5.05. The standard InChI is InChI=1S/C17H12Cl2N2O3/c1-24-14-8-9(6-11(18)15(14)22)7-12(19)16-20-13-5-3-2-4-10(13)17(23)21-16/h2-8,22H,1H3,(H,20,21,23)/b12-7-. The Morgan fingerprint density at radius 3 is 2.83 bits per heavy atom. The Hall–Kier alpha value is -2.50. The fourth-order valence-electron chi connectivity index (χ4n) is 2.25. The van der Waals surface area contributed by atoms with Crippen molar-refractivity contribution >= 4 is 45.2 Å². The van der Waals surface area contributed by atoms with Gasteiger partial charge >= 0.3 is 0 Å². The molecule has 0 aliphatic rings. The van der Waals surface area contributed by atoms with E-state index in [0.717, 1.165) is 0 Å². The van der Waals surface area contributed by atoms with Crippen LogP contribution in [0.25, 0.3) is 22.0 Å². The SMILES string of the molecule is COc1cc(/C=C(\Cl)c2nc3ccccc3c(=O)[nH]2)cc(Cl)c1O. The maximum atomic E-state index is 12.1. The van der Waals surface area contributed by atoms with Gasteiger partial charge in [-0.2, -0.15) is 0 Å². The minimum absolute atomic E-state index is 0.130. The highest BCUT2D eigenvalue weighted by Gasteiger charge is 2.10. The van der Waals surface area contributed by atoms with Gasteiger partial charge in [-0.25, -0.2) is 4.98 Å². The summed E-state index contributed by atoms with van der Waals surface area (Å²) in [5, 5.41) is 10.6. The number of para-hydroxylation sites is 1. The van der Waals surface area contributed by atoms with Gasteiger partial charge in [0.25, 0.3) is 5.56 Å². The first kappa shape index (κ1) is 16.4. The Morgan fingerprint density at radius 1 is 1.33 bits per heavy atom. The fourth-order valence-corrected chi connectivity index (χ4v) is 2.68. The zero-order valence-electron chi connectivity index (χ0n) is 12.5. The molecule has 0 unspecified atom stereocenters. The van der Waals surface area contributed by atoms with Crippen molar-refractivity contribution in [3.8, 4) is 11.5 Å². The number of hydrogen-bond acceptors (Lipinski definition) is 4. The number of fused-ring (bicyclic) bond motifs is 1. The maximum Gasteiger partial charge on any atom is 0.259 e. The number of nitrogens with zero attached hydrogens (tertiary/aromatic N) is 1. The molecule has 3 aromatic rings. The first-order valence-electron chi connectivity index (χ1n) is 6.92. The van der Waals surface area contributed by atoms with E-state index in [1.54, 1.807) is 36.4 Å². The normalized spacial score (nSPS) is 11.7. The lowest BCUT2D eigenvalue weighted by molar-refractivity contribution is 0.373. The van der Waals surface area contributed by atoms with E-state index in [4.69, 9.17) is 27.9 Å². The average Bonchev–Trinajstić information content (AvgIpc) is 2.57. The van der Waals surface area contributed by atoms with E-state index in [1.807, 2.05) is 0 Å². The molecule has 0 saturated carbocycles. The summed E-state index contributed by atoms with van der Waals surface area (Å²) in [5.74, 6) is 0.311. The number of halogens is 2. The van der Waals surface area contributed by atoms with E-state index < -0.39 is 0 Å². The maximum absolute atomic E-state index is 12.1. The fraction of sp³-hybridized carbons (Fsp3) is 0.0588. The van der Waals surface area contributed by atoms with Crippen LogP contribution in [0.2, 0.25) is 5.02 Å². The number of H-pyrrole nitrogens is 1. The van der Waals surface area contributed by atoms with Crippen LogP contribution in [0.5, 0.6) is 11.5 Å². The number of aromatic amines is 1. The predicted octanol–water partition coefficient (Wildman–Crippen LogP) is 4.03. The topological polar surface area (TPSA) is 75.2 Å². The first-order chi connectivity index (χ1) is 11.5. The van der Waals surface area contributed by atoms with Gasteiger partial charge in [0.2, 0.25) is 0 Å². The third-order valence-electron chi connectivity index (χ3n) is 3.40. The number of benzene rings is 2. The number of phenols is 1. The summed E-state index contributed by atoms with van der Waals surface area (Å²) in [6.07, 6.45) is 1.57. The second-order valence-corrected chi connectivity index (χ2v) is 5.79. The monoisotopic (exact) mass is 362 g/mol. The molecule has 7 heteroatoms. The van der Waals surface area contributed by atoms with Crippen molar-refractivity contribution in [3.05, 3.63) is 63.2 Å². The Kier molecular flexibility index (Phi) is 4.46. The number of aromatic nitrogens is 2. The number of methoxy groups -OCH3 is 1. The molecule has 0 aliphatic heterocycles. The Labute approximate surface area is 147 Å². The van der Waals surface area contributed by atoms with Gasteiger partial charge in [0, 0.05) is 0 Å². The van der Waals surface area contributed by atoms with Crippen molar-refractivity contribution in [2.45, 2.75) is 0 Å². The largest absolute Gasteiger partial charge is 0.503 e. The van der Waals surface area contributed by atoms with Crippen molar-refractivity contribution in [2.75, 3.05) is 7.11 Å². The highest BCUT2D eigenvalue weighted by molar-refractivity contribution is 6.50. The number of phenolic OH excluding ortho intramolecular Hbond substituents is 1. The van der Waals surface area contributed by atoms with Crippen molar-refractivity contribution in [1.82, 2.24) is 9.97 Å². The molecule has 0 radical (unpaired) electrons. The van der Waals surface area contributed by atoms with E-state index in [9.17, 15) is 9.90 Å². The van der Waals surface area contributed by atoms with Crippen LogP contribution < -0.4 is 10.3 Å². The van der Waals surface area contributed by atoms with E-state index in [-0.39, 0.29) is 32.9 Å². The molecule has 2 aromatic carbocycles. The van der Waals surface area contributed by atoms with Crippen LogP contribution in [-0.4, -0.2) is 22.2 Å². The molecule has 1 heterocycles. The minimum Gasteiger partial charge on any atom is -0.503 e. The Bertz CT molecular complexity index is 1010. The van der Waals surface area contributed by atoms with Gasteiger partial charge in [-0.1, -0.05) is 35.3 Å². The number of aromatic hydroxyl groups is 1. The van der Waals surface area contributed by atoms with Gasteiger partial charge in [0.15, 0.2) is 17.3 Å². The zero-order valence-corrected chi connectivity index (χ0v) is 14.0. The van der Waals surface area contributed by atoms with Crippen LogP contribution >= 0.6 is 23.2 Å². The quantitative estimate of drug-likeness (QED) is 0.737. The van der Waals surface area contributed by atoms with Crippen LogP contribution in [0.15, 0.2) is 41.2 Å². The molecule has 5 nitrogen and oxygen atoms in total. The summed E-state index contributed by atoms with van der Waals surface area (Å²) in [6, 6.07) is 10.1. The Balaban J connectivity index is 2.09. The number of ether oxygens (including phenoxy) is 1. The van der Waals surface area contributed by atoms with Crippen LogP contribution in [0.1, 0.15) is 11.4 Å². The summed E-state index contributed by atoms with van der Waals surface area (Å²) in [5.41, 5.74) is 0.864. The van der Waals surface area contributed by atoms with Crippen LogP contribution in [0.4, 0.5) is 0 Å². The first-order valence-corrected chi connectivity index (χ1v) is 7.68. The second-order valence-electron chi connectivity index (χ2n) is 4.98. The molecule has 122 valence electrons. The van der Waals surface area contributed by atoms with Gasteiger partial charge in [-0.05, 0) is 35.9 Å². The third kappa shape index (κ3) is 3.09. The van der Waals surface area contributed by atoms with Gasteiger partial charge in [0.05, 0.1) is 28.1 Å². The average molecular weight is 363 g/mol. The Morgan fingerprint density at radius 2 is 2.08 bits per heavy atom. The van der Waals surface area contributed by atoms with Crippen molar-refractivity contribution in [1.29, 1.82) is 0 Å². The molecule has 2 N–H and O–H groups in total. The second kappa shape index (κ2) is 6.55. The minimum atomic E-state index is -0.275. The van der Waals surface area contributed by atoms with Gasteiger partial charge in [-0.15, -0.1) is 0 Å². The highest BCUT2D eigenvalue weighted by Crippen LogP contribution is 2.36. The van der Waals surface area contributed by atoms with Gasteiger partial charge < -0.3 is 14.8 Å². The molecule has 3 rings (SSSR count). The molecule has 0 bridgehead atoms. The molecular weight excluding hydrogens is 351 g/mol. The third-order valence-corrected chi connectivity index (χ3v) is 3.98. The predicted molar refractivity (Wildman–Crippen MR) is 95.8 cm³/mol. The summed E-state index contributed by atoms with van der Waals surface area (Å²) in [7, 11) is 1.42. The molecule has 0 fully saturated rings. The van der Waals surface area contributed by atoms with Crippen molar-refractivity contribution in [2.24, 2.45) is 0 Å².